The van der Waals surface area contributed by atoms with E-state index in [2.05, 4.69) is 0 Å². The molecule has 0 aliphatic carbocycles. The molecule has 76 valence electrons. The Hall–Kier alpha value is -0.960. The molecule has 0 heterocycles. The van der Waals surface area contributed by atoms with Gasteiger partial charge in [-0.15, -0.1) is 0 Å². The second-order valence-corrected chi connectivity index (χ2v) is 3.68. The molecule has 0 aliphatic heterocycles. The highest BCUT2D eigenvalue weighted by atomic mass is 32.2. The summed E-state index contributed by atoms with van der Waals surface area (Å²) in [5, 5.41) is 0. The molecule has 0 unspecified atom stereocenters. The predicted octanol–water partition coefficient (Wildman–Crippen LogP) is 2.73. The molecule has 0 saturated carbocycles. The lowest BCUT2D eigenvalue weighted by atomic mass is 10.1. The van der Waals surface area contributed by atoms with Crippen LogP contribution >= 0.6 is 11.8 Å². The van der Waals surface area contributed by atoms with E-state index in [0.717, 1.165) is 11.3 Å². The third kappa shape index (κ3) is 2.77. The highest BCUT2D eigenvalue weighted by Crippen LogP contribution is 2.15. The lowest BCUT2D eigenvalue weighted by Crippen LogP contribution is -2.07. The number of esters is 1. The van der Waals surface area contributed by atoms with Gasteiger partial charge in [0.25, 0.3) is 0 Å². The molecule has 0 saturated heterocycles. The third-order valence-electron chi connectivity index (χ3n) is 1.81. The van der Waals surface area contributed by atoms with Crippen LogP contribution in [0.3, 0.4) is 0 Å². The maximum Gasteiger partial charge on any atom is 0.338 e. The van der Waals surface area contributed by atoms with Crippen molar-refractivity contribution in [1.29, 1.82) is 0 Å². The molecule has 1 aromatic carbocycles. The van der Waals surface area contributed by atoms with Gasteiger partial charge >= 0.3 is 5.97 Å². The number of hydrogen-bond donors (Lipinski definition) is 0. The smallest absolute Gasteiger partial charge is 0.338 e. The lowest BCUT2D eigenvalue weighted by molar-refractivity contribution is 0.0525. The fourth-order valence-electron chi connectivity index (χ4n) is 1.21. The van der Waals surface area contributed by atoms with Crippen LogP contribution in [0.15, 0.2) is 24.3 Å². The number of hydrogen-bond acceptors (Lipinski definition) is 3. The van der Waals surface area contributed by atoms with E-state index in [4.69, 9.17) is 4.74 Å². The summed E-state index contributed by atoms with van der Waals surface area (Å²) in [7, 11) is 0. The topological polar surface area (TPSA) is 26.3 Å². The summed E-state index contributed by atoms with van der Waals surface area (Å²) < 4.78 is 4.97. The van der Waals surface area contributed by atoms with Crippen molar-refractivity contribution in [2.45, 2.75) is 12.7 Å². The number of carbonyl (C=O) groups is 1. The number of thioether (sulfide) groups is 1. The van der Waals surface area contributed by atoms with Crippen LogP contribution in [-0.2, 0) is 10.5 Å². The van der Waals surface area contributed by atoms with Crippen molar-refractivity contribution in [2.75, 3.05) is 12.9 Å². The van der Waals surface area contributed by atoms with E-state index in [9.17, 15) is 4.79 Å². The summed E-state index contributed by atoms with van der Waals surface area (Å²) in [6.45, 7) is 2.24. The molecular weight excluding hydrogens is 196 g/mol. The monoisotopic (exact) mass is 210 g/mol. The van der Waals surface area contributed by atoms with Gasteiger partial charge in [-0.2, -0.15) is 11.8 Å². The fraction of sp³-hybridized carbons (Fsp3) is 0.364. The molecule has 0 fully saturated rings. The number of ether oxygens (including phenoxy) is 1. The zero-order valence-electron chi connectivity index (χ0n) is 8.45. The predicted molar refractivity (Wildman–Crippen MR) is 59.6 cm³/mol. The SMILES string of the molecule is CCOC(=O)c1ccccc1CSC. The van der Waals surface area contributed by atoms with Crippen LogP contribution in [0.4, 0.5) is 0 Å². The minimum absolute atomic E-state index is 0.225. The Bertz CT molecular complexity index is 310. The van der Waals surface area contributed by atoms with Gasteiger partial charge in [0.05, 0.1) is 12.2 Å². The summed E-state index contributed by atoms with van der Waals surface area (Å²) in [6, 6.07) is 7.57. The van der Waals surface area contributed by atoms with Crippen molar-refractivity contribution in [3.05, 3.63) is 35.4 Å². The standard InChI is InChI=1S/C11H14O2S/c1-3-13-11(12)10-7-5-4-6-9(10)8-14-2/h4-7H,3,8H2,1-2H3. The van der Waals surface area contributed by atoms with E-state index in [1.165, 1.54) is 0 Å². The zero-order chi connectivity index (χ0) is 10.4. The van der Waals surface area contributed by atoms with E-state index in [-0.39, 0.29) is 5.97 Å². The van der Waals surface area contributed by atoms with Crippen LogP contribution in [-0.4, -0.2) is 18.8 Å². The first-order chi connectivity index (χ1) is 6.79. The first kappa shape index (κ1) is 11.1. The number of carbonyl (C=O) groups excluding carboxylic acids is 1. The van der Waals surface area contributed by atoms with Crippen molar-refractivity contribution in [3.63, 3.8) is 0 Å². The Kier molecular flexibility index (Phi) is 4.53. The maximum absolute atomic E-state index is 11.5. The Morgan fingerprint density at radius 3 is 2.79 bits per heavy atom. The van der Waals surface area contributed by atoms with Crippen LogP contribution in [0.25, 0.3) is 0 Å². The molecular formula is C11H14O2S. The van der Waals surface area contributed by atoms with E-state index in [1.54, 1.807) is 11.8 Å². The van der Waals surface area contributed by atoms with Gasteiger partial charge in [-0.05, 0) is 24.8 Å². The Labute approximate surface area is 88.7 Å². The fourth-order valence-corrected chi connectivity index (χ4v) is 1.77. The maximum atomic E-state index is 11.5. The first-order valence-electron chi connectivity index (χ1n) is 4.53. The summed E-state index contributed by atoms with van der Waals surface area (Å²) in [5.41, 5.74) is 1.72. The minimum atomic E-state index is -0.225. The van der Waals surface area contributed by atoms with Gasteiger partial charge in [-0.25, -0.2) is 4.79 Å². The molecule has 0 bridgehead atoms. The molecule has 0 amide bonds. The van der Waals surface area contributed by atoms with Gasteiger partial charge < -0.3 is 4.74 Å². The molecule has 2 nitrogen and oxygen atoms in total. The van der Waals surface area contributed by atoms with Gasteiger partial charge in [0, 0.05) is 5.75 Å². The molecule has 0 N–H and O–H groups in total. The molecule has 1 rings (SSSR count). The Balaban J connectivity index is 2.88. The Morgan fingerprint density at radius 1 is 1.43 bits per heavy atom. The van der Waals surface area contributed by atoms with E-state index < -0.39 is 0 Å². The highest BCUT2D eigenvalue weighted by Gasteiger charge is 2.10. The first-order valence-corrected chi connectivity index (χ1v) is 5.93. The summed E-state index contributed by atoms with van der Waals surface area (Å²) >= 11 is 1.70. The summed E-state index contributed by atoms with van der Waals surface area (Å²) in [4.78, 5) is 11.5. The molecule has 14 heavy (non-hydrogen) atoms. The molecule has 1 aromatic rings. The third-order valence-corrected chi connectivity index (χ3v) is 2.41. The molecule has 0 aromatic heterocycles. The van der Waals surface area contributed by atoms with Gasteiger partial charge in [0.2, 0.25) is 0 Å². The van der Waals surface area contributed by atoms with Crippen molar-refractivity contribution in [2.24, 2.45) is 0 Å². The summed E-state index contributed by atoms with van der Waals surface area (Å²) in [6.07, 6.45) is 2.02. The zero-order valence-corrected chi connectivity index (χ0v) is 9.26. The number of rotatable bonds is 4. The molecule has 0 radical (unpaired) electrons. The van der Waals surface area contributed by atoms with E-state index in [1.807, 2.05) is 37.4 Å². The lowest BCUT2D eigenvalue weighted by Gasteiger charge is -2.06. The van der Waals surface area contributed by atoms with E-state index >= 15 is 0 Å². The van der Waals surface area contributed by atoms with Gasteiger partial charge in [0.15, 0.2) is 0 Å². The van der Waals surface area contributed by atoms with Crippen molar-refractivity contribution in [1.82, 2.24) is 0 Å². The van der Waals surface area contributed by atoms with Crippen molar-refractivity contribution >= 4 is 17.7 Å². The highest BCUT2D eigenvalue weighted by molar-refractivity contribution is 7.97. The quantitative estimate of drug-likeness (QED) is 0.715. The van der Waals surface area contributed by atoms with E-state index in [0.29, 0.717) is 12.2 Å². The average Bonchev–Trinajstić information content (AvgIpc) is 2.19. The Morgan fingerprint density at radius 2 is 2.14 bits per heavy atom. The average molecular weight is 210 g/mol. The second-order valence-electron chi connectivity index (χ2n) is 2.81. The van der Waals surface area contributed by atoms with Crippen LogP contribution in [0, 0.1) is 0 Å². The number of benzene rings is 1. The minimum Gasteiger partial charge on any atom is -0.462 e. The van der Waals surface area contributed by atoms with Gasteiger partial charge in [-0.1, -0.05) is 18.2 Å². The normalized spacial score (nSPS) is 9.86. The van der Waals surface area contributed by atoms with Crippen molar-refractivity contribution in [3.8, 4) is 0 Å². The molecule has 0 aliphatic rings. The molecule has 3 heteroatoms. The molecule has 0 atom stereocenters. The summed E-state index contributed by atoms with van der Waals surface area (Å²) in [5.74, 6) is 0.617. The largest absolute Gasteiger partial charge is 0.462 e. The van der Waals surface area contributed by atoms with Crippen LogP contribution in [0.1, 0.15) is 22.8 Å². The van der Waals surface area contributed by atoms with Gasteiger partial charge in [0.1, 0.15) is 0 Å². The van der Waals surface area contributed by atoms with Crippen LogP contribution in [0.2, 0.25) is 0 Å². The second kappa shape index (κ2) is 5.70. The van der Waals surface area contributed by atoms with Crippen LogP contribution in [0.5, 0.6) is 0 Å². The van der Waals surface area contributed by atoms with Crippen molar-refractivity contribution < 1.29 is 9.53 Å². The van der Waals surface area contributed by atoms with Gasteiger partial charge in [-0.3, -0.25) is 0 Å². The molecule has 0 spiro atoms. The van der Waals surface area contributed by atoms with Crippen LogP contribution < -0.4 is 0 Å².